The van der Waals surface area contributed by atoms with Crippen LogP contribution in [-0.4, -0.2) is 36.4 Å². The maximum absolute atomic E-state index is 5.18. The minimum Gasteiger partial charge on any atom is -0.369 e. The molecule has 0 atom stereocenters. The second-order valence-corrected chi connectivity index (χ2v) is 4.45. The first kappa shape index (κ1) is 9.86. The summed E-state index contributed by atoms with van der Waals surface area (Å²) in [6, 6.07) is 6.39. The van der Waals surface area contributed by atoms with Crippen molar-refractivity contribution in [3.63, 3.8) is 0 Å². The average Bonchev–Trinajstić information content (AvgIpc) is 2.72. The van der Waals surface area contributed by atoms with Gasteiger partial charge in [0.2, 0.25) is 0 Å². The highest BCUT2D eigenvalue weighted by molar-refractivity contribution is 7.71. The molecule has 5 heteroatoms. The van der Waals surface area contributed by atoms with Crippen LogP contribution in [0.3, 0.4) is 0 Å². The Balaban J connectivity index is 2.01. The van der Waals surface area contributed by atoms with Gasteiger partial charge in [-0.25, -0.2) is 0 Å². The number of H-pyrrole nitrogens is 2. The second-order valence-electron chi connectivity index (χ2n) is 4.05. The predicted octanol–water partition coefficient (Wildman–Crippen LogP) is 1.64. The molecule has 1 aromatic heterocycles. The largest absolute Gasteiger partial charge is 0.369 e. The SMILES string of the molecule is S=c1[nH][nH]c2cc(N3CCNCC3)ccc12. The van der Waals surface area contributed by atoms with Gasteiger partial charge < -0.3 is 10.2 Å². The summed E-state index contributed by atoms with van der Waals surface area (Å²) in [7, 11) is 0. The molecule has 1 fully saturated rings. The van der Waals surface area contributed by atoms with Crippen molar-refractivity contribution in [3.8, 4) is 0 Å². The lowest BCUT2D eigenvalue weighted by Crippen LogP contribution is -2.43. The normalized spacial score (nSPS) is 16.9. The number of rotatable bonds is 1. The summed E-state index contributed by atoms with van der Waals surface area (Å²) < 4.78 is 0.780. The van der Waals surface area contributed by atoms with Crippen LogP contribution in [0.15, 0.2) is 18.2 Å². The number of nitrogens with zero attached hydrogens (tertiary/aromatic N) is 1. The van der Waals surface area contributed by atoms with E-state index in [1.807, 2.05) is 0 Å². The fraction of sp³-hybridized carbons (Fsp3) is 0.364. The molecule has 0 spiro atoms. The lowest BCUT2D eigenvalue weighted by atomic mass is 10.2. The van der Waals surface area contributed by atoms with Gasteiger partial charge in [-0.2, -0.15) is 0 Å². The monoisotopic (exact) mass is 234 g/mol. The molecule has 4 nitrogen and oxygen atoms in total. The molecule has 0 aliphatic carbocycles. The molecule has 3 rings (SSSR count). The Morgan fingerprint density at radius 3 is 2.75 bits per heavy atom. The van der Waals surface area contributed by atoms with Crippen molar-refractivity contribution in [2.24, 2.45) is 0 Å². The lowest BCUT2D eigenvalue weighted by molar-refractivity contribution is 0.589. The van der Waals surface area contributed by atoms with Crippen molar-refractivity contribution in [1.29, 1.82) is 0 Å². The van der Waals surface area contributed by atoms with E-state index in [0.29, 0.717) is 0 Å². The Hall–Kier alpha value is -1.33. The maximum Gasteiger partial charge on any atom is 0.127 e. The standard InChI is InChI=1S/C11H14N4S/c16-11-9-2-1-8(7-10(9)13-14-11)15-5-3-12-4-6-15/h1-2,7,12H,3-6H2,(H2,13,14,16). The third-order valence-corrected chi connectivity index (χ3v) is 3.36. The fourth-order valence-corrected chi connectivity index (χ4v) is 2.37. The fourth-order valence-electron chi connectivity index (χ4n) is 2.14. The zero-order valence-corrected chi connectivity index (χ0v) is 9.73. The van der Waals surface area contributed by atoms with Crippen LogP contribution < -0.4 is 10.2 Å². The Morgan fingerprint density at radius 1 is 1.12 bits per heavy atom. The van der Waals surface area contributed by atoms with Crippen LogP contribution >= 0.6 is 12.2 Å². The smallest absolute Gasteiger partial charge is 0.127 e. The Morgan fingerprint density at radius 2 is 1.94 bits per heavy atom. The average molecular weight is 234 g/mol. The van der Waals surface area contributed by atoms with E-state index >= 15 is 0 Å². The van der Waals surface area contributed by atoms with Crippen LogP contribution in [0.1, 0.15) is 0 Å². The van der Waals surface area contributed by atoms with Crippen molar-refractivity contribution in [2.75, 3.05) is 31.1 Å². The van der Waals surface area contributed by atoms with Gasteiger partial charge in [0.15, 0.2) is 0 Å². The number of aromatic nitrogens is 2. The molecule has 1 saturated heterocycles. The van der Waals surface area contributed by atoms with Crippen LogP contribution in [-0.2, 0) is 0 Å². The first-order chi connectivity index (χ1) is 7.84. The van der Waals surface area contributed by atoms with E-state index in [4.69, 9.17) is 12.2 Å². The molecule has 1 aliphatic heterocycles. The summed E-state index contributed by atoms with van der Waals surface area (Å²) >= 11 is 5.18. The Bertz CT molecular complexity index is 550. The van der Waals surface area contributed by atoms with Crippen LogP contribution in [0.25, 0.3) is 10.9 Å². The number of benzene rings is 1. The highest BCUT2D eigenvalue weighted by Crippen LogP contribution is 2.21. The molecule has 0 bridgehead atoms. The molecule has 1 aromatic carbocycles. The molecular weight excluding hydrogens is 220 g/mol. The van der Waals surface area contributed by atoms with Crippen LogP contribution in [0.2, 0.25) is 0 Å². The third kappa shape index (κ3) is 1.62. The van der Waals surface area contributed by atoms with E-state index in [0.717, 1.165) is 41.7 Å². The van der Waals surface area contributed by atoms with E-state index in [1.165, 1.54) is 5.69 Å². The zero-order valence-electron chi connectivity index (χ0n) is 8.92. The summed E-state index contributed by atoms with van der Waals surface area (Å²) in [5, 5.41) is 10.5. The van der Waals surface area contributed by atoms with Gasteiger partial charge in [0.05, 0.1) is 5.52 Å². The van der Waals surface area contributed by atoms with E-state index in [-0.39, 0.29) is 0 Å². The molecule has 0 saturated carbocycles. The van der Waals surface area contributed by atoms with Crippen molar-refractivity contribution in [1.82, 2.24) is 15.5 Å². The second kappa shape index (κ2) is 3.92. The molecular formula is C11H14N4S. The minimum absolute atomic E-state index is 0.780. The third-order valence-electron chi connectivity index (χ3n) is 3.04. The van der Waals surface area contributed by atoms with Gasteiger partial charge in [-0.15, -0.1) is 0 Å². The number of anilines is 1. The van der Waals surface area contributed by atoms with Crippen LogP contribution in [0.4, 0.5) is 5.69 Å². The van der Waals surface area contributed by atoms with E-state index < -0.39 is 0 Å². The number of fused-ring (bicyclic) bond motifs is 1. The summed E-state index contributed by atoms with van der Waals surface area (Å²) in [4.78, 5) is 2.39. The molecule has 1 aliphatic rings. The summed E-state index contributed by atoms with van der Waals surface area (Å²) in [5.41, 5.74) is 2.35. The molecule has 84 valence electrons. The predicted molar refractivity (Wildman–Crippen MR) is 68.6 cm³/mol. The van der Waals surface area contributed by atoms with E-state index in [1.54, 1.807) is 0 Å². The number of aromatic amines is 2. The van der Waals surface area contributed by atoms with Gasteiger partial charge in [-0.1, -0.05) is 12.2 Å². The van der Waals surface area contributed by atoms with Gasteiger partial charge in [-0.3, -0.25) is 10.2 Å². The zero-order chi connectivity index (χ0) is 11.0. The van der Waals surface area contributed by atoms with Gasteiger partial charge in [-0.05, 0) is 18.2 Å². The summed E-state index contributed by atoms with van der Waals surface area (Å²) in [6.45, 7) is 4.25. The summed E-state index contributed by atoms with van der Waals surface area (Å²) in [6.07, 6.45) is 0. The molecule has 3 N–H and O–H groups in total. The molecule has 16 heavy (non-hydrogen) atoms. The molecule has 0 radical (unpaired) electrons. The highest BCUT2D eigenvalue weighted by Gasteiger charge is 2.11. The van der Waals surface area contributed by atoms with Crippen molar-refractivity contribution < 1.29 is 0 Å². The topological polar surface area (TPSA) is 46.9 Å². The van der Waals surface area contributed by atoms with Crippen molar-refractivity contribution >= 4 is 28.8 Å². The number of nitrogens with one attached hydrogen (secondary N) is 3. The van der Waals surface area contributed by atoms with Crippen molar-refractivity contribution in [3.05, 3.63) is 22.8 Å². The van der Waals surface area contributed by atoms with Crippen LogP contribution in [0, 0.1) is 4.64 Å². The molecule has 0 unspecified atom stereocenters. The number of piperazine rings is 1. The van der Waals surface area contributed by atoms with Crippen molar-refractivity contribution in [2.45, 2.75) is 0 Å². The molecule has 2 heterocycles. The van der Waals surface area contributed by atoms with Crippen LogP contribution in [0.5, 0.6) is 0 Å². The number of hydrogen-bond acceptors (Lipinski definition) is 3. The van der Waals surface area contributed by atoms with Gasteiger partial charge >= 0.3 is 0 Å². The summed E-state index contributed by atoms with van der Waals surface area (Å²) in [5.74, 6) is 0. The lowest BCUT2D eigenvalue weighted by Gasteiger charge is -2.29. The van der Waals surface area contributed by atoms with E-state index in [9.17, 15) is 0 Å². The Labute approximate surface area is 98.6 Å². The quantitative estimate of drug-likeness (QED) is 0.657. The van der Waals surface area contributed by atoms with Gasteiger partial charge in [0.25, 0.3) is 0 Å². The van der Waals surface area contributed by atoms with Gasteiger partial charge in [0.1, 0.15) is 4.64 Å². The molecule has 2 aromatic rings. The highest BCUT2D eigenvalue weighted by atomic mass is 32.1. The molecule has 0 amide bonds. The first-order valence-electron chi connectivity index (χ1n) is 5.51. The van der Waals surface area contributed by atoms with Gasteiger partial charge in [0, 0.05) is 37.3 Å². The Kier molecular flexibility index (Phi) is 2.41. The minimum atomic E-state index is 0.780. The van der Waals surface area contributed by atoms with E-state index in [2.05, 4.69) is 38.6 Å². The number of hydrogen-bond donors (Lipinski definition) is 3. The first-order valence-corrected chi connectivity index (χ1v) is 5.91. The maximum atomic E-state index is 5.18.